The molecule has 0 aliphatic carbocycles. The molecule has 10 N–H and O–H groups in total. The Morgan fingerprint density at radius 1 is 0.707 bits per heavy atom. The van der Waals surface area contributed by atoms with E-state index >= 15 is 0 Å². The fourth-order valence-corrected chi connectivity index (χ4v) is 4.85. The minimum Gasteiger partial charge on any atom is -0.574 e. The first-order chi connectivity index (χ1) is 19.6. The third-order valence-electron chi connectivity index (χ3n) is 7.24. The van der Waals surface area contributed by atoms with Gasteiger partial charge in [-0.3, -0.25) is 0 Å². The second kappa shape index (κ2) is 12.1. The summed E-state index contributed by atoms with van der Waals surface area (Å²) in [4.78, 5) is 0. The molecule has 2 saturated heterocycles. The number of aliphatic hydroxyl groups excluding tert-OH is 8. The smallest absolute Gasteiger partial charge is 0.270 e. The number of hydrogen-bond acceptors (Lipinski definition) is 13. The number of aromatic hydroxyl groups is 2. The molecule has 224 valence electrons. The van der Waals surface area contributed by atoms with Crippen LogP contribution >= 0.6 is 0 Å². The molecule has 0 bridgehead atoms. The SMILES string of the molecule is OCC1OC(Oc2cc(OC3OC(CO)C(O)C(O)C3O)c3c(c2)[OH+]C(c2ccc(O)cc2)C=C3)C(O)C(O)C1O. The summed E-state index contributed by atoms with van der Waals surface area (Å²) in [6.45, 7) is -1.32. The number of aliphatic hydroxyl groups is 9. The number of ether oxygens (including phenoxy) is 5. The molecule has 3 heterocycles. The van der Waals surface area contributed by atoms with Crippen molar-refractivity contribution in [2.75, 3.05) is 13.2 Å². The van der Waals surface area contributed by atoms with E-state index in [1.807, 2.05) is 0 Å². The highest BCUT2D eigenvalue weighted by molar-refractivity contribution is 5.68. The van der Waals surface area contributed by atoms with Gasteiger partial charge in [-0.1, -0.05) is 0 Å². The van der Waals surface area contributed by atoms with E-state index in [4.69, 9.17) is 23.7 Å². The molecule has 11 atom stereocenters. The van der Waals surface area contributed by atoms with Crippen LogP contribution < -0.4 is 9.47 Å². The van der Waals surface area contributed by atoms with Gasteiger partial charge in [0.05, 0.1) is 19.3 Å². The summed E-state index contributed by atoms with van der Waals surface area (Å²) in [6, 6.07) is 9.26. The van der Waals surface area contributed by atoms with Crippen LogP contribution in [-0.4, -0.2) is 125 Å². The molecule has 14 nitrogen and oxygen atoms in total. The summed E-state index contributed by atoms with van der Waals surface area (Å²) in [6.07, 6.45) is -12.5. The molecule has 0 aromatic heterocycles. The predicted molar refractivity (Wildman–Crippen MR) is 137 cm³/mol. The van der Waals surface area contributed by atoms with Crippen molar-refractivity contribution >= 4 is 6.08 Å². The molecular formula is C27H33O14+. The molecule has 0 radical (unpaired) electrons. The van der Waals surface area contributed by atoms with Gasteiger partial charge in [-0.15, -0.1) is 0 Å². The Morgan fingerprint density at radius 2 is 1.27 bits per heavy atom. The van der Waals surface area contributed by atoms with Crippen LogP contribution in [0, 0.1) is 0 Å². The lowest BCUT2D eigenvalue weighted by Gasteiger charge is -2.40. The van der Waals surface area contributed by atoms with Crippen molar-refractivity contribution in [3.8, 4) is 23.0 Å². The van der Waals surface area contributed by atoms with Crippen molar-refractivity contribution < 1.29 is 69.6 Å². The highest BCUT2D eigenvalue weighted by Gasteiger charge is 2.46. The second-order valence-corrected chi connectivity index (χ2v) is 10.0. The fourth-order valence-electron chi connectivity index (χ4n) is 4.85. The summed E-state index contributed by atoms with van der Waals surface area (Å²) in [7, 11) is 0. The first kappa shape index (κ1) is 29.5. The highest BCUT2D eigenvalue weighted by Crippen LogP contribution is 2.43. The number of hydrogen-bond donors (Lipinski definition) is 9. The van der Waals surface area contributed by atoms with Crippen LogP contribution in [0.25, 0.3) is 6.08 Å². The monoisotopic (exact) mass is 581 g/mol. The summed E-state index contributed by atoms with van der Waals surface area (Å²) >= 11 is 0. The first-order valence-corrected chi connectivity index (χ1v) is 12.9. The van der Waals surface area contributed by atoms with E-state index in [2.05, 4.69) is 0 Å². The lowest BCUT2D eigenvalue weighted by molar-refractivity contribution is -0.278. The Kier molecular flexibility index (Phi) is 8.68. The predicted octanol–water partition coefficient (Wildman–Crippen LogP) is -2.24. The van der Waals surface area contributed by atoms with Crippen LogP contribution in [-0.2, 0) is 9.47 Å². The van der Waals surface area contributed by atoms with E-state index in [-0.39, 0.29) is 17.2 Å². The van der Waals surface area contributed by atoms with Gasteiger partial charge >= 0.3 is 0 Å². The van der Waals surface area contributed by atoms with E-state index in [0.29, 0.717) is 11.3 Å². The average Bonchev–Trinajstić information content (AvgIpc) is 2.97. The van der Waals surface area contributed by atoms with Crippen LogP contribution in [0.5, 0.6) is 23.0 Å². The lowest BCUT2D eigenvalue weighted by atomic mass is 9.99. The molecule has 14 heteroatoms. The van der Waals surface area contributed by atoms with Crippen molar-refractivity contribution in [1.29, 1.82) is 0 Å². The summed E-state index contributed by atoms with van der Waals surface area (Å²) in [5.41, 5.74) is 1.17. The van der Waals surface area contributed by atoms with Crippen molar-refractivity contribution in [3.05, 3.63) is 53.6 Å². The maximum atomic E-state index is 10.5. The molecule has 11 unspecified atom stereocenters. The summed E-state index contributed by atoms with van der Waals surface area (Å²) < 4.78 is 27.3. The standard InChI is InChI=1S/C27H32O14/c28-9-18-20(31)22(33)24(35)26(40-18)37-13-7-16-14(5-6-15(38-16)11-1-3-12(30)4-2-11)17(8-13)39-27-25(36)23(34)21(32)19(10-29)41-27/h1-8,15,18-36H,9-10H2/p+1. The Labute approximate surface area is 233 Å². The molecule has 3 aliphatic heterocycles. The zero-order valence-electron chi connectivity index (χ0n) is 21.5. The summed E-state index contributed by atoms with van der Waals surface area (Å²) in [5.74, 6) is 0.457. The average molecular weight is 582 g/mol. The number of benzene rings is 2. The first-order valence-electron chi connectivity index (χ1n) is 12.9. The maximum Gasteiger partial charge on any atom is 0.270 e. The van der Waals surface area contributed by atoms with Gasteiger partial charge in [-0.05, 0) is 30.3 Å². The zero-order chi connectivity index (χ0) is 29.4. The van der Waals surface area contributed by atoms with Gasteiger partial charge in [0.1, 0.15) is 71.6 Å². The fraction of sp³-hybridized carbons (Fsp3) is 0.481. The van der Waals surface area contributed by atoms with Gasteiger partial charge in [-0.25, -0.2) is 0 Å². The largest absolute Gasteiger partial charge is 0.574 e. The zero-order valence-corrected chi connectivity index (χ0v) is 21.5. The van der Waals surface area contributed by atoms with Crippen molar-refractivity contribution in [3.63, 3.8) is 0 Å². The van der Waals surface area contributed by atoms with E-state index in [1.165, 1.54) is 24.3 Å². The second-order valence-electron chi connectivity index (χ2n) is 10.0. The molecule has 41 heavy (non-hydrogen) atoms. The van der Waals surface area contributed by atoms with Gasteiger partial charge in [-0.2, -0.15) is 0 Å². The molecule has 5 rings (SSSR count). The molecule has 3 aliphatic rings. The van der Waals surface area contributed by atoms with Crippen LogP contribution in [0.1, 0.15) is 17.2 Å². The van der Waals surface area contributed by atoms with Crippen LogP contribution in [0.3, 0.4) is 0 Å². The van der Waals surface area contributed by atoms with E-state index < -0.39 is 80.7 Å². The molecular weight excluding hydrogens is 548 g/mol. The molecule has 2 aromatic carbocycles. The van der Waals surface area contributed by atoms with Crippen LogP contribution in [0.4, 0.5) is 0 Å². The maximum absolute atomic E-state index is 10.5. The third-order valence-corrected chi connectivity index (χ3v) is 7.24. The van der Waals surface area contributed by atoms with Gasteiger partial charge in [0, 0.05) is 17.7 Å². The topological polar surface area (TPSA) is 232 Å². The quantitative estimate of drug-likeness (QED) is 0.158. The Morgan fingerprint density at radius 3 is 1.83 bits per heavy atom. The normalized spacial score (nSPS) is 36.7. The van der Waals surface area contributed by atoms with Gasteiger partial charge in [0.2, 0.25) is 18.7 Å². The third kappa shape index (κ3) is 5.85. The Bertz CT molecular complexity index is 1220. The van der Waals surface area contributed by atoms with Gasteiger partial charge in [0.25, 0.3) is 5.75 Å². The van der Waals surface area contributed by atoms with Gasteiger partial charge in [0.15, 0.2) is 0 Å². The molecule has 0 amide bonds. The van der Waals surface area contributed by atoms with Crippen molar-refractivity contribution in [2.24, 2.45) is 0 Å². The summed E-state index contributed by atoms with van der Waals surface area (Å²) in [5, 5.41) is 90.2. The van der Waals surface area contributed by atoms with E-state index in [1.54, 1.807) is 24.3 Å². The number of phenolic OH excluding ortho intramolecular Hbond substituents is 1. The van der Waals surface area contributed by atoms with Crippen LogP contribution in [0.2, 0.25) is 0 Å². The molecule has 0 saturated carbocycles. The number of phenols is 1. The number of fused-ring (bicyclic) bond motifs is 1. The minimum atomic E-state index is -1.70. The molecule has 2 aromatic rings. The minimum absolute atomic E-state index is 0.0103. The van der Waals surface area contributed by atoms with E-state index in [0.717, 1.165) is 5.56 Å². The van der Waals surface area contributed by atoms with E-state index in [9.17, 15) is 46.0 Å². The Balaban J connectivity index is 1.47. The van der Waals surface area contributed by atoms with Gasteiger partial charge < -0.3 is 69.6 Å². The Hall–Kier alpha value is -3.02. The lowest BCUT2D eigenvalue weighted by Crippen LogP contribution is -2.60. The highest BCUT2D eigenvalue weighted by atomic mass is 16.7. The molecule has 0 spiro atoms. The van der Waals surface area contributed by atoms with Crippen LogP contribution in [0.15, 0.2) is 42.5 Å². The molecule has 2 fully saturated rings. The number of rotatable bonds is 7. The van der Waals surface area contributed by atoms with Crippen molar-refractivity contribution in [2.45, 2.75) is 67.5 Å². The van der Waals surface area contributed by atoms with Crippen molar-refractivity contribution in [1.82, 2.24) is 0 Å².